The minimum absolute atomic E-state index is 0.0795. The number of alkyl halides is 2. The Balaban J connectivity index is 2.04. The van der Waals surface area contributed by atoms with Crippen LogP contribution in [0.1, 0.15) is 12.1 Å². The summed E-state index contributed by atoms with van der Waals surface area (Å²) in [5.74, 6) is 0. The van der Waals surface area contributed by atoms with E-state index in [1.54, 1.807) is 48.5 Å². The van der Waals surface area contributed by atoms with E-state index in [1.807, 2.05) is 6.07 Å². The molecule has 0 aliphatic carbocycles. The molecule has 1 heterocycles. The van der Waals surface area contributed by atoms with Crippen molar-refractivity contribution in [3.63, 3.8) is 0 Å². The van der Waals surface area contributed by atoms with Crippen molar-refractivity contribution in [2.45, 2.75) is 11.3 Å². The molecule has 0 saturated heterocycles. The summed E-state index contributed by atoms with van der Waals surface area (Å²) in [4.78, 5) is -0.0795. The second kappa shape index (κ2) is 8.22. The Morgan fingerprint density at radius 3 is 2.00 bits per heavy atom. The van der Waals surface area contributed by atoms with E-state index in [0.717, 1.165) is 0 Å². The van der Waals surface area contributed by atoms with E-state index in [-0.39, 0.29) is 10.5 Å². The third kappa shape index (κ3) is 4.23. The lowest BCUT2D eigenvalue weighted by Gasteiger charge is -2.11. The predicted molar refractivity (Wildman–Crippen MR) is 116 cm³/mol. The Hall–Kier alpha value is -3.07. The quantitative estimate of drug-likeness (QED) is 0.431. The van der Waals surface area contributed by atoms with Crippen molar-refractivity contribution < 1.29 is 17.2 Å². The molecule has 0 atom stereocenters. The molecule has 1 aromatic heterocycles. The zero-order valence-electron chi connectivity index (χ0n) is 15.9. The lowest BCUT2D eigenvalue weighted by atomic mass is 9.98. The standard InChI is InChI=1S/C22H16ClF2N3O2S/c23-16-10-6-14(7-11-16)19-20(22(24)25)27-28(17-4-2-1-3-5-17)21(19)15-8-12-18(13-9-15)31(26,29)30/h1-13,22H,(H2,26,29,30). The second-order valence-corrected chi connectivity index (χ2v) is 8.73. The molecule has 0 spiro atoms. The van der Waals surface area contributed by atoms with Gasteiger partial charge in [-0.05, 0) is 42.0 Å². The molecule has 0 fully saturated rings. The number of nitrogens with two attached hydrogens (primary N) is 1. The number of sulfonamides is 1. The zero-order valence-corrected chi connectivity index (χ0v) is 17.5. The number of nitrogens with zero attached hydrogens (tertiary/aromatic N) is 2. The second-order valence-electron chi connectivity index (χ2n) is 6.73. The van der Waals surface area contributed by atoms with Crippen LogP contribution in [0.2, 0.25) is 5.02 Å². The van der Waals surface area contributed by atoms with E-state index in [1.165, 1.54) is 28.9 Å². The van der Waals surface area contributed by atoms with Crippen LogP contribution in [-0.4, -0.2) is 18.2 Å². The lowest BCUT2D eigenvalue weighted by Crippen LogP contribution is -2.11. The molecule has 9 heteroatoms. The molecule has 2 N–H and O–H groups in total. The normalized spacial score (nSPS) is 11.8. The maximum absolute atomic E-state index is 14.0. The largest absolute Gasteiger partial charge is 0.282 e. The van der Waals surface area contributed by atoms with Crippen LogP contribution in [0.4, 0.5) is 8.78 Å². The van der Waals surface area contributed by atoms with Gasteiger partial charge in [0.25, 0.3) is 6.43 Å². The van der Waals surface area contributed by atoms with Crippen molar-refractivity contribution in [2.75, 3.05) is 0 Å². The van der Waals surface area contributed by atoms with Crippen molar-refractivity contribution in [2.24, 2.45) is 5.14 Å². The summed E-state index contributed by atoms with van der Waals surface area (Å²) in [7, 11) is -3.90. The Morgan fingerprint density at radius 1 is 0.871 bits per heavy atom. The summed E-state index contributed by atoms with van der Waals surface area (Å²) in [6, 6.07) is 21.1. The highest BCUT2D eigenvalue weighted by Crippen LogP contribution is 2.40. The monoisotopic (exact) mass is 459 g/mol. The summed E-state index contributed by atoms with van der Waals surface area (Å²) in [6.07, 6.45) is -2.84. The van der Waals surface area contributed by atoms with Gasteiger partial charge in [0.1, 0.15) is 5.69 Å². The summed E-state index contributed by atoms with van der Waals surface area (Å²) in [5.41, 5.74) is 1.82. The topological polar surface area (TPSA) is 78.0 Å². The summed E-state index contributed by atoms with van der Waals surface area (Å²) in [6.45, 7) is 0. The zero-order chi connectivity index (χ0) is 22.2. The molecule has 0 amide bonds. The first kappa shape index (κ1) is 21.2. The average Bonchev–Trinajstić information content (AvgIpc) is 3.15. The lowest BCUT2D eigenvalue weighted by molar-refractivity contribution is 0.146. The first-order chi connectivity index (χ1) is 14.8. The van der Waals surface area contributed by atoms with E-state index >= 15 is 0 Å². The van der Waals surface area contributed by atoms with Crippen LogP contribution in [0.3, 0.4) is 0 Å². The van der Waals surface area contributed by atoms with Crippen molar-refractivity contribution in [3.05, 3.63) is 89.6 Å². The van der Waals surface area contributed by atoms with Gasteiger partial charge >= 0.3 is 0 Å². The van der Waals surface area contributed by atoms with Gasteiger partial charge in [0.2, 0.25) is 10.0 Å². The number of hydrogen-bond acceptors (Lipinski definition) is 3. The highest BCUT2D eigenvalue weighted by molar-refractivity contribution is 7.89. The summed E-state index contributed by atoms with van der Waals surface area (Å²) < 4.78 is 52.8. The molecule has 0 saturated carbocycles. The molecular formula is C22H16ClF2N3O2S. The molecular weight excluding hydrogens is 444 g/mol. The van der Waals surface area contributed by atoms with Crippen LogP contribution >= 0.6 is 11.6 Å². The third-order valence-electron chi connectivity index (χ3n) is 4.71. The predicted octanol–water partition coefficient (Wildman–Crippen LogP) is 5.44. The van der Waals surface area contributed by atoms with Gasteiger partial charge in [0.05, 0.1) is 16.3 Å². The fourth-order valence-corrected chi connectivity index (χ4v) is 3.96. The highest BCUT2D eigenvalue weighted by atomic mass is 35.5. The minimum atomic E-state index is -3.90. The molecule has 31 heavy (non-hydrogen) atoms. The summed E-state index contributed by atoms with van der Waals surface area (Å²) >= 11 is 5.98. The molecule has 4 aromatic rings. The number of benzene rings is 3. The SMILES string of the molecule is NS(=O)(=O)c1ccc(-c2c(-c3ccc(Cl)cc3)c(C(F)F)nn2-c2ccccc2)cc1. The maximum Gasteiger partial charge on any atom is 0.282 e. The van der Waals surface area contributed by atoms with Crippen LogP contribution in [0.5, 0.6) is 0 Å². The Morgan fingerprint density at radius 2 is 1.45 bits per heavy atom. The maximum atomic E-state index is 14.0. The molecule has 5 nitrogen and oxygen atoms in total. The Bertz CT molecular complexity index is 1320. The van der Waals surface area contributed by atoms with Crippen LogP contribution < -0.4 is 5.14 Å². The van der Waals surface area contributed by atoms with E-state index in [2.05, 4.69) is 5.10 Å². The van der Waals surface area contributed by atoms with Crippen LogP contribution in [0.25, 0.3) is 28.1 Å². The fraction of sp³-hybridized carbons (Fsp3) is 0.0455. The van der Waals surface area contributed by atoms with Crippen molar-refractivity contribution in [1.82, 2.24) is 9.78 Å². The molecule has 0 aliphatic rings. The van der Waals surface area contributed by atoms with Gasteiger partial charge in [-0.2, -0.15) is 5.10 Å². The Kier molecular flexibility index (Phi) is 5.62. The van der Waals surface area contributed by atoms with Crippen molar-refractivity contribution in [3.8, 4) is 28.1 Å². The molecule has 0 unspecified atom stereocenters. The molecule has 0 aliphatic heterocycles. The van der Waals surface area contributed by atoms with E-state index in [0.29, 0.717) is 27.5 Å². The minimum Gasteiger partial charge on any atom is -0.232 e. The number of primary sulfonamides is 1. The van der Waals surface area contributed by atoms with E-state index in [4.69, 9.17) is 16.7 Å². The molecule has 3 aromatic carbocycles. The molecule has 0 radical (unpaired) electrons. The third-order valence-corrected chi connectivity index (χ3v) is 5.89. The van der Waals surface area contributed by atoms with E-state index in [9.17, 15) is 17.2 Å². The van der Waals surface area contributed by atoms with Gasteiger partial charge < -0.3 is 0 Å². The van der Waals surface area contributed by atoms with Crippen LogP contribution in [-0.2, 0) is 10.0 Å². The number of rotatable bonds is 5. The van der Waals surface area contributed by atoms with Crippen LogP contribution in [0.15, 0.2) is 83.8 Å². The highest BCUT2D eigenvalue weighted by Gasteiger charge is 2.27. The number of hydrogen-bond donors (Lipinski definition) is 1. The number of aromatic nitrogens is 2. The van der Waals surface area contributed by atoms with Gasteiger partial charge in [-0.1, -0.05) is 54.1 Å². The van der Waals surface area contributed by atoms with E-state index < -0.39 is 22.1 Å². The van der Waals surface area contributed by atoms with Gasteiger partial charge in [-0.3, -0.25) is 0 Å². The van der Waals surface area contributed by atoms with Crippen LogP contribution in [0, 0.1) is 0 Å². The van der Waals surface area contributed by atoms with Gasteiger partial charge in [0, 0.05) is 16.1 Å². The Labute approximate surface area is 182 Å². The molecule has 4 rings (SSSR count). The first-order valence-corrected chi connectivity index (χ1v) is 11.0. The fourth-order valence-electron chi connectivity index (χ4n) is 3.31. The number of para-hydroxylation sites is 1. The van der Waals surface area contributed by atoms with Gasteiger partial charge in [-0.25, -0.2) is 27.0 Å². The first-order valence-electron chi connectivity index (χ1n) is 9.11. The van der Waals surface area contributed by atoms with Crippen molar-refractivity contribution in [1.29, 1.82) is 0 Å². The van der Waals surface area contributed by atoms with Gasteiger partial charge in [-0.15, -0.1) is 0 Å². The number of halogens is 3. The smallest absolute Gasteiger partial charge is 0.232 e. The van der Waals surface area contributed by atoms with Crippen molar-refractivity contribution >= 4 is 21.6 Å². The molecule has 0 bridgehead atoms. The molecule has 158 valence electrons. The summed E-state index contributed by atoms with van der Waals surface area (Å²) in [5, 5.41) is 9.87. The average molecular weight is 460 g/mol. The van der Waals surface area contributed by atoms with Gasteiger partial charge in [0.15, 0.2) is 0 Å².